The van der Waals surface area contributed by atoms with Crippen LogP contribution >= 0.6 is 0 Å². The number of hydrogen-bond acceptors (Lipinski definition) is 8. The lowest BCUT2D eigenvalue weighted by Crippen LogP contribution is -2.10. The summed E-state index contributed by atoms with van der Waals surface area (Å²) >= 11 is 0. The van der Waals surface area contributed by atoms with Crippen molar-refractivity contribution in [2.75, 3.05) is 45.1 Å². The summed E-state index contributed by atoms with van der Waals surface area (Å²) in [6, 6.07) is 5.41. The summed E-state index contributed by atoms with van der Waals surface area (Å²) in [5, 5.41) is 14.0. The highest BCUT2D eigenvalue weighted by molar-refractivity contribution is 5.65. The van der Waals surface area contributed by atoms with Gasteiger partial charge in [0.05, 0.1) is 32.7 Å². The molecule has 1 aromatic carbocycles. The monoisotopic (exact) mass is 305 g/mol. The van der Waals surface area contributed by atoms with Crippen molar-refractivity contribution < 1.29 is 14.2 Å². The lowest BCUT2D eigenvalue weighted by molar-refractivity contribution is 0.210. The molecule has 0 spiro atoms. The first-order valence-corrected chi connectivity index (χ1v) is 6.68. The average Bonchev–Trinajstić information content (AvgIpc) is 2.55. The Kier molecular flexibility index (Phi) is 5.73. The number of ether oxygens (including phenoxy) is 3. The molecule has 0 aliphatic rings. The van der Waals surface area contributed by atoms with Crippen LogP contribution in [0.2, 0.25) is 0 Å². The summed E-state index contributed by atoms with van der Waals surface area (Å²) in [5.41, 5.74) is 0.692. The van der Waals surface area contributed by atoms with E-state index in [0.29, 0.717) is 42.1 Å². The zero-order valence-electron chi connectivity index (χ0n) is 12.8. The molecule has 8 nitrogen and oxygen atoms in total. The molecule has 0 bridgehead atoms. The molecule has 2 N–H and O–H groups in total. The van der Waals surface area contributed by atoms with Crippen molar-refractivity contribution in [2.24, 2.45) is 0 Å². The van der Waals surface area contributed by atoms with Gasteiger partial charge in [-0.15, -0.1) is 5.10 Å². The van der Waals surface area contributed by atoms with E-state index in [4.69, 9.17) is 14.2 Å². The highest BCUT2D eigenvalue weighted by atomic mass is 16.5. The third-order valence-electron chi connectivity index (χ3n) is 2.82. The summed E-state index contributed by atoms with van der Waals surface area (Å²) in [7, 11) is 4.83. The van der Waals surface area contributed by atoms with Crippen LogP contribution in [0.15, 0.2) is 24.4 Å². The largest absolute Gasteiger partial charge is 0.497 e. The Hall–Kier alpha value is -2.61. The van der Waals surface area contributed by atoms with Gasteiger partial charge >= 0.3 is 0 Å². The second-order valence-electron chi connectivity index (χ2n) is 4.28. The van der Waals surface area contributed by atoms with E-state index in [0.717, 1.165) is 0 Å². The van der Waals surface area contributed by atoms with Crippen LogP contribution in [-0.2, 0) is 4.74 Å². The number of anilines is 3. The van der Waals surface area contributed by atoms with E-state index in [9.17, 15) is 0 Å². The predicted octanol–water partition coefficient (Wildman–Crippen LogP) is 1.69. The van der Waals surface area contributed by atoms with Gasteiger partial charge in [0, 0.05) is 19.7 Å². The highest BCUT2D eigenvalue weighted by Gasteiger charge is 2.08. The first-order chi connectivity index (χ1) is 10.8. The van der Waals surface area contributed by atoms with E-state index in [2.05, 4.69) is 25.8 Å². The van der Waals surface area contributed by atoms with Gasteiger partial charge in [-0.3, -0.25) is 0 Å². The fraction of sp³-hybridized carbons (Fsp3) is 0.357. The standard InChI is InChI=1S/C14H19N5O3/c1-20-7-6-15-13-9-16-19-14(18-13)17-11-8-10(21-2)4-5-12(11)22-3/h4-5,8-9H,6-7H2,1-3H3,(H2,15,17,18,19). The van der Waals surface area contributed by atoms with Gasteiger partial charge in [-0.1, -0.05) is 0 Å². The fourth-order valence-electron chi connectivity index (χ4n) is 1.76. The second kappa shape index (κ2) is 7.99. The molecule has 0 atom stereocenters. The molecule has 1 aromatic heterocycles. The number of hydrogen-bond donors (Lipinski definition) is 2. The van der Waals surface area contributed by atoms with E-state index in [1.54, 1.807) is 39.7 Å². The van der Waals surface area contributed by atoms with Crippen LogP contribution in [0.25, 0.3) is 0 Å². The topological polar surface area (TPSA) is 90.4 Å². The third kappa shape index (κ3) is 4.19. The number of benzene rings is 1. The zero-order valence-corrected chi connectivity index (χ0v) is 12.8. The quantitative estimate of drug-likeness (QED) is 0.712. The molecule has 0 unspecified atom stereocenters. The molecular weight excluding hydrogens is 286 g/mol. The third-order valence-corrected chi connectivity index (χ3v) is 2.82. The predicted molar refractivity (Wildman–Crippen MR) is 83.0 cm³/mol. The molecule has 8 heteroatoms. The average molecular weight is 305 g/mol. The van der Waals surface area contributed by atoms with Gasteiger partial charge in [-0.25, -0.2) is 0 Å². The van der Waals surface area contributed by atoms with Crippen LogP contribution in [0.1, 0.15) is 0 Å². The summed E-state index contributed by atoms with van der Waals surface area (Å²) in [5.74, 6) is 2.32. The maximum atomic E-state index is 5.30. The molecule has 0 aliphatic carbocycles. The molecule has 2 rings (SSSR count). The molecule has 118 valence electrons. The van der Waals surface area contributed by atoms with Crippen molar-refractivity contribution in [3.05, 3.63) is 24.4 Å². The minimum absolute atomic E-state index is 0.356. The van der Waals surface area contributed by atoms with Gasteiger partial charge in [0.25, 0.3) is 0 Å². The minimum Gasteiger partial charge on any atom is -0.497 e. The summed E-state index contributed by atoms with van der Waals surface area (Å²) in [4.78, 5) is 4.32. The molecule has 0 fully saturated rings. The lowest BCUT2D eigenvalue weighted by Gasteiger charge is -2.12. The first kappa shape index (κ1) is 15.8. The van der Waals surface area contributed by atoms with Crippen LogP contribution in [0.4, 0.5) is 17.5 Å². The summed E-state index contributed by atoms with van der Waals surface area (Å²) in [6.45, 7) is 1.22. The molecule has 0 saturated heterocycles. The Bertz CT molecular complexity index is 609. The number of aromatic nitrogens is 3. The molecule has 1 heterocycles. The maximum Gasteiger partial charge on any atom is 0.249 e. The molecule has 22 heavy (non-hydrogen) atoms. The Morgan fingerprint density at radius 1 is 1.14 bits per heavy atom. The Morgan fingerprint density at radius 3 is 2.73 bits per heavy atom. The molecule has 0 saturated carbocycles. The van der Waals surface area contributed by atoms with Crippen molar-refractivity contribution >= 4 is 17.5 Å². The zero-order chi connectivity index (χ0) is 15.8. The van der Waals surface area contributed by atoms with Crippen LogP contribution in [0.3, 0.4) is 0 Å². The molecular formula is C14H19N5O3. The van der Waals surface area contributed by atoms with Gasteiger partial charge < -0.3 is 24.8 Å². The molecule has 2 aromatic rings. The van der Waals surface area contributed by atoms with Crippen LogP contribution < -0.4 is 20.1 Å². The van der Waals surface area contributed by atoms with Crippen molar-refractivity contribution in [1.29, 1.82) is 0 Å². The van der Waals surface area contributed by atoms with E-state index in [-0.39, 0.29) is 0 Å². The number of nitrogens with zero attached hydrogens (tertiary/aromatic N) is 3. The van der Waals surface area contributed by atoms with E-state index in [1.165, 1.54) is 0 Å². The van der Waals surface area contributed by atoms with Crippen LogP contribution in [0, 0.1) is 0 Å². The van der Waals surface area contributed by atoms with Crippen LogP contribution in [0.5, 0.6) is 11.5 Å². The van der Waals surface area contributed by atoms with Gasteiger partial charge in [0.1, 0.15) is 11.5 Å². The van der Waals surface area contributed by atoms with Crippen LogP contribution in [-0.4, -0.2) is 49.7 Å². The summed E-state index contributed by atoms with van der Waals surface area (Å²) in [6.07, 6.45) is 1.55. The second-order valence-corrected chi connectivity index (χ2v) is 4.28. The minimum atomic E-state index is 0.356. The first-order valence-electron chi connectivity index (χ1n) is 6.68. The van der Waals surface area contributed by atoms with Crippen molar-refractivity contribution in [3.63, 3.8) is 0 Å². The Labute approximate surface area is 128 Å². The van der Waals surface area contributed by atoms with Crippen molar-refractivity contribution in [1.82, 2.24) is 15.2 Å². The van der Waals surface area contributed by atoms with Crippen molar-refractivity contribution in [2.45, 2.75) is 0 Å². The van der Waals surface area contributed by atoms with Gasteiger partial charge in [-0.2, -0.15) is 10.1 Å². The van der Waals surface area contributed by atoms with E-state index < -0.39 is 0 Å². The highest BCUT2D eigenvalue weighted by Crippen LogP contribution is 2.30. The van der Waals surface area contributed by atoms with E-state index >= 15 is 0 Å². The normalized spacial score (nSPS) is 10.1. The van der Waals surface area contributed by atoms with E-state index in [1.807, 2.05) is 6.07 Å². The van der Waals surface area contributed by atoms with Gasteiger partial charge in [-0.05, 0) is 12.1 Å². The SMILES string of the molecule is COCCNc1cnnc(Nc2cc(OC)ccc2OC)n1. The molecule has 0 aliphatic heterocycles. The van der Waals surface area contributed by atoms with Gasteiger partial charge in [0.15, 0.2) is 5.82 Å². The summed E-state index contributed by atoms with van der Waals surface area (Å²) < 4.78 is 15.5. The maximum absolute atomic E-state index is 5.30. The number of nitrogens with one attached hydrogen (secondary N) is 2. The van der Waals surface area contributed by atoms with Gasteiger partial charge in [0.2, 0.25) is 5.95 Å². The molecule has 0 radical (unpaired) electrons. The Balaban J connectivity index is 2.14. The smallest absolute Gasteiger partial charge is 0.249 e. The number of rotatable bonds is 8. The number of methoxy groups -OCH3 is 3. The van der Waals surface area contributed by atoms with Crippen molar-refractivity contribution in [3.8, 4) is 11.5 Å². The molecule has 0 amide bonds. The fourth-order valence-corrected chi connectivity index (χ4v) is 1.76. The lowest BCUT2D eigenvalue weighted by atomic mass is 10.2. The Morgan fingerprint density at radius 2 is 2.00 bits per heavy atom.